The second kappa shape index (κ2) is 4.88. The van der Waals surface area contributed by atoms with E-state index >= 15 is 0 Å². The molecule has 16 heavy (non-hydrogen) atoms. The van der Waals surface area contributed by atoms with Crippen molar-refractivity contribution in [3.05, 3.63) is 28.2 Å². The van der Waals surface area contributed by atoms with Crippen molar-refractivity contribution in [2.45, 2.75) is 32.2 Å². The van der Waals surface area contributed by atoms with Crippen molar-refractivity contribution in [2.24, 2.45) is 5.92 Å². The van der Waals surface area contributed by atoms with Crippen LogP contribution < -0.4 is 5.32 Å². The monoisotopic (exact) mass is 278 g/mol. The van der Waals surface area contributed by atoms with Crippen LogP contribution >= 0.6 is 15.9 Å². The van der Waals surface area contributed by atoms with Gasteiger partial charge in [0.05, 0.1) is 11.3 Å². The molecule has 84 valence electrons. The van der Waals surface area contributed by atoms with Crippen molar-refractivity contribution in [2.75, 3.05) is 5.32 Å². The van der Waals surface area contributed by atoms with Crippen molar-refractivity contribution in [1.82, 2.24) is 0 Å². The number of benzene rings is 1. The fourth-order valence-corrected chi connectivity index (χ4v) is 2.53. The number of rotatable bonds is 4. The second-order valence-corrected chi connectivity index (χ2v) is 5.16. The lowest BCUT2D eigenvalue weighted by Gasteiger charge is -2.08. The first-order chi connectivity index (χ1) is 7.76. The topological polar surface area (TPSA) is 35.8 Å². The fraction of sp³-hybridized carbons (Fsp3) is 0.462. The van der Waals surface area contributed by atoms with Crippen LogP contribution in [0.1, 0.15) is 31.7 Å². The highest BCUT2D eigenvalue weighted by Crippen LogP contribution is 2.38. The van der Waals surface area contributed by atoms with E-state index in [0.717, 1.165) is 16.1 Å². The Morgan fingerprint density at radius 3 is 3.06 bits per heavy atom. The Hall–Kier alpha value is -1.01. The summed E-state index contributed by atoms with van der Waals surface area (Å²) in [5, 5.41) is 12.5. The molecule has 1 aliphatic carbocycles. The lowest BCUT2D eigenvalue weighted by Crippen LogP contribution is -2.06. The third-order valence-electron chi connectivity index (χ3n) is 3.05. The van der Waals surface area contributed by atoms with Crippen molar-refractivity contribution >= 4 is 21.6 Å². The second-order valence-electron chi connectivity index (χ2n) is 4.31. The summed E-state index contributed by atoms with van der Waals surface area (Å²) in [6, 6.07) is 8.65. The normalized spacial score (nSPS) is 22.6. The van der Waals surface area contributed by atoms with E-state index in [1.165, 1.54) is 19.3 Å². The maximum absolute atomic E-state index is 9.08. The van der Waals surface area contributed by atoms with E-state index in [0.29, 0.717) is 11.6 Å². The van der Waals surface area contributed by atoms with Gasteiger partial charge < -0.3 is 5.32 Å². The molecule has 0 aromatic heterocycles. The Kier molecular flexibility index (Phi) is 3.50. The Bertz CT molecular complexity index is 422. The van der Waals surface area contributed by atoms with Crippen LogP contribution in [-0.4, -0.2) is 6.04 Å². The molecule has 0 bridgehead atoms. The zero-order valence-corrected chi connectivity index (χ0v) is 10.9. The summed E-state index contributed by atoms with van der Waals surface area (Å²) in [7, 11) is 0. The van der Waals surface area contributed by atoms with Crippen LogP contribution in [0, 0.1) is 17.2 Å². The molecule has 1 aliphatic rings. The molecule has 0 spiro atoms. The lowest BCUT2D eigenvalue weighted by molar-refractivity contribution is 0.693. The molecule has 1 aromatic rings. The van der Waals surface area contributed by atoms with Crippen molar-refractivity contribution in [3.8, 4) is 6.07 Å². The molecule has 0 amide bonds. The van der Waals surface area contributed by atoms with Gasteiger partial charge in [0.2, 0.25) is 0 Å². The summed E-state index contributed by atoms with van der Waals surface area (Å²) in [6.45, 7) is 2.22. The van der Waals surface area contributed by atoms with Gasteiger partial charge in [-0.05, 0) is 46.8 Å². The van der Waals surface area contributed by atoms with Gasteiger partial charge in [0, 0.05) is 10.5 Å². The highest BCUT2D eigenvalue weighted by atomic mass is 79.9. The number of nitrogens with zero attached hydrogens (tertiary/aromatic N) is 1. The number of hydrogen-bond acceptors (Lipinski definition) is 2. The molecular weight excluding hydrogens is 264 g/mol. The van der Waals surface area contributed by atoms with E-state index in [9.17, 15) is 0 Å². The minimum absolute atomic E-state index is 0.571. The Labute approximate surface area is 105 Å². The number of hydrogen-bond donors (Lipinski definition) is 1. The van der Waals surface area contributed by atoms with Gasteiger partial charge >= 0.3 is 0 Å². The molecule has 1 aromatic carbocycles. The molecular formula is C13H15BrN2. The van der Waals surface area contributed by atoms with Crippen LogP contribution in [0.4, 0.5) is 5.69 Å². The summed E-state index contributed by atoms with van der Waals surface area (Å²) in [4.78, 5) is 0. The lowest BCUT2D eigenvalue weighted by atomic mass is 10.2. The molecule has 1 N–H and O–H groups in total. The van der Waals surface area contributed by atoms with Gasteiger partial charge in [0.25, 0.3) is 0 Å². The average molecular weight is 279 g/mol. The molecule has 0 saturated heterocycles. The Morgan fingerprint density at radius 1 is 1.56 bits per heavy atom. The molecule has 0 radical (unpaired) electrons. The standard InChI is InChI=1S/C13H15BrN2/c1-2-4-9-7-13(9)16-12-6-3-5-11(14)10(12)8-15/h3,5-6,9,13,16H,2,4,7H2,1H3. The quantitative estimate of drug-likeness (QED) is 0.906. The van der Waals surface area contributed by atoms with Gasteiger partial charge in [-0.3, -0.25) is 0 Å². The third kappa shape index (κ3) is 2.38. The Balaban J connectivity index is 2.06. The zero-order chi connectivity index (χ0) is 11.5. The zero-order valence-electron chi connectivity index (χ0n) is 9.33. The van der Waals surface area contributed by atoms with Gasteiger partial charge in [-0.2, -0.15) is 5.26 Å². The van der Waals surface area contributed by atoms with Gasteiger partial charge in [-0.25, -0.2) is 0 Å². The summed E-state index contributed by atoms with van der Waals surface area (Å²) in [5.74, 6) is 0.801. The van der Waals surface area contributed by atoms with Crippen LogP contribution in [0.15, 0.2) is 22.7 Å². The van der Waals surface area contributed by atoms with Crippen molar-refractivity contribution in [3.63, 3.8) is 0 Å². The molecule has 0 aliphatic heterocycles. The van der Waals surface area contributed by atoms with E-state index in [2.05, 4.69) is 34.2 Å². The van der Waals surface area contributed by atoms with Gasteiger partial charge in [-0.15, -0.1) is 0 Å². The third-order valence-corrected chi connectivity index (χ3v) is 3.71. The molecule has 3 heteroatoms. The van der Waals surface area contributed by atoms with Gasteiger partial charge in [-0.1, -0.05) is 19.4 Å². The SMILES string of the molecule is CCCC1CC1Nc1cccc(Br)c1C#N. The summed E-state index contributed by atoms with van der Waals surface area (Å²) >= 11 is 3.40. The maximum Gasteiger partial charge on any atom is 0.103 e. The minimum Gasteiger partial charge on any atom is -0.381 e. The number of halogens is 1. The maximum atomic E-state index is 9.08. The van der Waals surface area contributed by atoms with Crippen LogP contribution in [0.2, 0.25) is 0 Å². The predicted octanol–water partition coefficient (Wildman–Crippen LogP) is 3.92. The molecule has 1 saturated carbocycles. The molecule has 0 heterocycles. The van der Waals surface area contributed by atoms with Crippen LogP contribution in [0.5, 0.6) is 0 Å². The van der Waals surface area contributed by atoms with Crippen LogP contribution in [0.25, 0.3) is 0 Å². The average Bonchev–Trinajstić information content (AvgIpc) is 2.97. The molecule has 1 fully saturated rings. The molecule has 2 nitrogen and oxygen atoms in total. The molecule has 2 rings (SSSR count). The first-order valence-corrected chi connectivity index (χ1v) is 6.50. The van der Waals surface area contributed by atoms with Gasteiger partial charge in [0.15, 0.2) is 0 Å². The van der Waals surface area contributed by atoms with Crippen LogP contribution in [0.3, 0.4) is 0 Å². The van der Waals surface area contributed by atoms with E-state index < -0.39 is 0 Å². The van der Waals surface area contributed by atoms with E-state index in [4.69, 9.17) is 5.26 Å². The Morgan fingerprint density at radius 2 is 2.38 bits per heavy atom. The van der Waals surface area contributed by atoms with E-state index in [-0.39, 0.29) is 0 Å². The highest BCUT2D eigenvalue weighted by molar-refractivity contribution is 9.10. The molecule has 2 atom stereocenters. The van der Waals surface area contributed by atoms with Crippen molar-refractivity contribution < 1.29 is 0 Å². The fourth-order valence-electron chi connectivity index (χ4n) is 2.07. The number of anilines is 1. The van der Waals surface area contributed by atoms with Gasteiger partial charge in [0.1, 0.15) is 6.07 Å². The minimum atomic E-state index is 0.571. The number of nitrogens with one attached hydrogen (secondary N) is 1. The largest absolute Gasteiger partial charge is 0.381 e. The summed E-state index contributed by atoms with van der Waals surface area (Å²) in [6.07, 6.45) is 3.77. The summed E-state index contributed by atoms with van der Waals surface area (Å²) in [5.41, 5.74) is 1.67. The van der Waals surface area contributed by atoms with Crippen molar-refractivity contribution in [1.29, 1.82) is 5.26 Å². The number of nitriles is 1. The van der Waals surface area contributed by atoms with E-state index in [1.807, 2.05) is 18.2 Å². The first-order valence-electron chi connectivity index (χ1n) is 5.71. The predicted molar refractivity (Wildman–Crippen MR) is 69.3 cm³/mol. The molecule has 2 unspecified atom stereocenters. The first kappa shape index (κ1) is 11.5. The summed E-state index contributed by atoms with van der Waals surface area (Å²) < 4.78 is 0.868. The van der Waals surface area contributed by atoms with Crippen LogP contribution in [-0.2, 0) is 0 Å². The highest BCUT2D eigenvalue weighted by Gasteiger charge is 2.36. The smallest absolute Gasteiger partial charge is 0.103 e. The van der Waals surface area contributed by atoms with E-state index in [1.54, 1.807) is 0 Å².